The molecule has 2 aliphatic rings. The van der Waals surface area contributed by atoms with Crippen molar-refractivity contribution in [3.8, 4) is 5.75 Å². The van der Waals surface area contributed by atoms with Crippen LogP contribution in [0.25, 0.3) is 0 Å². The molecule has 0 spiro atoms. The Hall–Kier alpha value is -2.76. The molecular formula is C23H30N4O2. The van der Waals surface area contributed by atoms with E-state index in [1.165, 1.54) is 18.5 Å². The lowest BCUT2D eigenvalue weighted by Gasteiger charge is -2.36. The molecule has 1 aromatic heterocycles. The molecule has 154 valence electrons. The quantitative estimate of drug-likeness (QED) is 0.796. The average Bonchev–Trinajstić information content (AvgIpc) is 2.79. The molecule has 0 atom stereocenters. The maximum Gasteiger partial charge on any atom is 0.254 e. The molecule has 3 heterocycles. The lowest BCUT2D eigenvalue weighted by atomic mass is 9.99. The van der Waals surface area contributed by atoms with Crippen molar-refractivity contribution in [1.82, 2.24) is 9.88 Å². The van der Waals surface area contributed by atoms with Crippen molar-refractivity contribution in [3.63, 3.8) is 0 Å². The van der Waals surface area contributed by atoms with Crippen molar-refractivity contribution in [2.24, 2.45) is 5.92 Å². The van der Waals surface area contributed by atoms with Crippen LogP contribution >= 0.6 is 0 Å². The average molecular weight is 395 g/mol. The SMILES string of the molecule is COc1ccc(N2CCN(C(=O)c3ccnc(N4CCC(C)CC4)c3)CC2)cc1. The minimum Gasteiger partial charge on any atom is -0.497 e. The lowest BCUT2D eigenvalue weighted by molar-refractivity contribution is 0.0746. The third-order valence-corrected chi connectivity index (χ3v) is 6.10. The van der Waals surface area contributed by atoms with E-state index in [0.29, 0.717) is 0 Å². The zero-order valence-corrected chi connectivity index (χ0v) is 17.4. The van der Waals surface area contributed by atoms with Gasteiger partial charge in [0.2, 0.25) is 0 Å². The molecule has 4 rings (SSSR count). The molecule has 2 aromatic rings. The molecule has 6 nitrogen and oxygen atoms in total. The summed E-state index contributed by atoms with van der Waals surface area (Å²) in [7, 11) is 1.68. The number of hydrogen-bond donors (Lipinski definition) is 0. The summed E-state index contributed by atoms with van der Waals surface area (Å²) in [6, 6.07) is 11.9. The van der Waals surface area contributed by atoms with Crippen molar-refractivity contribution in [3.05, 3.63) is 48.2 Å². The van der Waals surface area contributed by atoms with Crippen LogP contribution in [0, 0.1) is 5.92 Å². The van der Waals surface area contributed by atoms with Gasteiger partial charge < -0.3 is 19.4 Å². The van der Waals surface area contributed by atoms with Crippen molar-refractivity contribution in [1.29, 1.82) is 0 Å². The van der Waals surface area contributed by atoms with E-state index < -0.39 is 0 Å². The Labute approximate surface area is 173 Å². The van der Waals surface area contributed by atoms with Gasteiger partial charge in [0.05, 0.1) is 7.11 Å². The van der Waals surface area contributed by atoms with E-state index in [0.717, 1.165) is 62.3 Å². The molecule has 2 saturated heterocycles. The Morgan fingerprint density at radius 3 is 2.31 bits per heavy atom. The van der Waals surface area contributed by atoms with Crippen LogP contribution in [0.4, 0.5) is 11.5 Å². The van der Waals surface area contributed by atoms with E-state index in [1.54, 1.807) is 13.3 Å². The number of rotatable bonds is 4. The van der Waals surface area contributed by atoms with Crippen LogP contribution in [0.5, 0.6) is 5.75 Å². The number of piperazine rings is 1. The first kappa shape index (κ1) is 19.6. The topological polar surface area (TPSA) is 48.9 Å². The molecule has 0 aliphatic carbocycles. The van der Waals surface area contributed by atoms with Gasteiger partial charge in [-0.25, -0.2) is 4.98 Å². The van der Waals surface area contributed by atoms with Crippen molar-refractivity contribution >= 4 is 17.4 Å². The first-order chi connectivity index (χ1) is 14.1. The summed E-state index contributed by atoms with van der Waals surface area (Å²) in [4.78, 5) is 24.2. The number of carbonyl (C=O) groups is 1. The third kappa shape index (κ3) is 4.47. The maximum absolute atomic E-state index is 13.1. The Bertz CT molecular complexity index is 823. The fraction of sp³-hybridized carbons (Fsp3) is 0.478. The van der Waals surface area contributed by atoms with Gasteiger partial charge in [-0.3, -0.25) is 4.79 Å². The summed E-state index contributed by atoms with van der Waals surface area (Å²) >= 11 is 0. The zero-order valence-electron chi connectivity index (χ0n) is 17.4. The van der Waals surface area contributed by atoms with Gasteiger partial charge in [0.25, 0.3) is 5.91 Å². The van der Waals surface area contributed by atoms with Crippen molar-refractivity contribution < 1.29 is 9.53 Å². The number of hydrogen-bond acceptors (Lipinski definition) is 5. The van der Waals surface area contributed by atoms with E-state index in [-0.39, 0.29) is 5.91 Å². The van der Waals surface area contributed by atoms with Crippen molar-refractivity contribution in [2.75, 3.05) is 56.2 Å². The van der Waals surface area contributed by atoms with E-state index in [9.17, 15) is 4.79 Å². The zero-order chi connectivity index (χ0) is 20.2. The largest absolute Gasteiger partial charge is 0.497 e. The number of aromatic nitrogens is 1. The van der Waals surface area contributed by atoms with Gasteiger partial charge in [-0.2, -0.15) is 0 Å². The Morgan fingerprint density at radius 2 is 1.66 bits per heavy atom. The highest BCUT2D eigenvalue weighted by Crippen LogP contribution is 2.24. The first-order valence-corrected chi connectivity index (χ1v) is 10.5. The summed E-state index contributed by atoms with van der Waals surface area (Å²) in [5, 5.41) is 0. The summed E-state index contributed by atoms with van der Waals surface area (Å²) in [6.45, 7) is 7.46. The van der Waals surface area contributed by atoms with Crippen LogP contribution in [0.2, 0.25) is 0 Å². The number of amides is 1. The van der Waals surface area contributed by atoms with Gasteiger partial charge in [-0.15, -0.1) is 0 Å². The second-order valence-corrected chi connectivity index (χ2v) is 8.05. The number of pyridine rings is 1. The van der Waals surface area contributed by atoms with Crippen LogP contribution in [-0.4, -0.2) is 62.2 Å². The fourth-order valence-electron chi connectivity index (χ4n) is 4.11. The molecule has 2 aliphatic heterocycles. The van der Waals surface area contributed by atoms with Gasteiger partial charge in [0, 0.05) is 56.7 Å². The van der Waals surface area contributed by atoms with E-state index >= 15 is 0 Å². The predicted octanol–water partition coefficient (Wildman–Crippen LogP) is 3.29. The predicted molar refractivity (Wildman–Crippen MR) is 116 cm³/mol. The second-order valence-electron chi connectivity index (χ2n) is 8.05. The second kappa shape index (κ2) is 8.72. The molecule has 2 fully saturated rings. The lowest BCUT2D eigenvalue weighted by Crippen LogP contribution is -2.48. The highest BCUT2D eigenvalue weighted by molar-refractivity contribution is 5.95. The molecule has 29 heavy (non-hydrogen) atoms. The number of carbonyl (C=O) groups excluding carboxylic acids is 1. The molecule has 1 amide bonds. The summed E-state index contributed by atoms with van der Waals surface area (Å²) in [5.74, 6) is 2.67. The minimum atomic E-state index is 0.105. The van der Waals surface area contributed by atoms with Crippen molar-refractivity contribution in [2.45, 2.75) is 19.8 Å². The van der Waals surface area contributed by atoms with Crippen LogP contribution in [-0.2, 0) is 0 Å². The molecule has 6 heteroatoms. The Morgan fingerprint density at radius 1 is 0.966 bits per heavy atom. The molecule has 1 aromatic carbocycles. The van der Waals surface area contributed by atoms with Crippen LogP contribution in [0.15, 0.2) is 42.6 Å². The summed E-state index contributed by atoms with van der Waals surface area (Å²) < 4.78 is 5.23. The highest BCUT2D eigenvalue weighted by Gasteiger charge is 2.24. The van der Waals surface area contributed by atoms with Gasteiger partial charge in [0.1, 0.15) is 11.6 Å². The molecular weight excluding hydrogens is 364 g/mol. The maximum atomic E-state index is 13.1. The van der Waals surface area contributed by atoms with E-state index in [2.05, 4.69) is 33.8 Å². The van der Waals surface area contributed by atoms with Gasteiger partial charge >= 0.3 is 0 Å². The van der Waals surface area contributed by atoms with Crippen LogP contribution in [0.3, 0.4) is 0 Å². The Balaban J connectivity index is 1.37. The minimum absolute atomic E-state index is 0.105. The molecule has 0 saturated carbocycles. The number of methoxy groups -OCH3 is 1. The third-order valence-electron chi connectivity index (χ3n) is 6.10. The standard InChI is InChI=1S/C23H30N4O2/c1-18-8-11-26(12-9-18)22-17-19(7-10-24-22)23(28)27-15-13-25(14-16-27)20-3-5-21(29-2)6-4-20/h3-7,10,17-18H,8-9,11-16H2,1-2H3. The normalized spacial score (nSPS) is 18.1. The van der Waals surface area contributed by atoms with E-state index in [1.807, 2.05) is 29.2 Å². The molecule has 0 N–H and O–H groups in total. The summed E-state index contributed by atoms with van der Waals surface area (Å²) in [5.41, 5.74) is 1.91. The van der Waals surface area contributed by atoms with Gasteiger partial charge in [-0.1, -0.05) is 6.92 Å². The van der Waals surface area contributed by atoms with Crippen LogP contribution < -0.4 is 14.5 Å². The molecule has 0 unspecified atom stereocenters. The number of nitrogens with zero attached hydrogens (tertiary/aromatic N) is 4. The van der Waals surface area contributed by atoms with E-state index in [4.69, 9.17) is 4.74 Å². The highest BCUT2D eigenvalue weighted by atomic mass is 16.5. The first-order valence-electron chi connectivity index (χ1n) is 10.5. The number of ether oxygens (including phenoxy) is 1. The number of benzene rings is 1. The van der Waals surface area contributed by atoms with Crippen LogP contribution in [0.1, 0.15) is 30.1 Å². The summed E-state index contributed by atoms with van der Waals surface area (Å²) in [6.07, 6.45) is 4.15. The molecule has 0 bridgehead atoms. The fourth-order valence-corrected chi connectivity index (χ4v) is 4.11. The van der Waals surface area contributed by atoms with Gasteiger partial charge in [-0.05, 0) is 55.2 Å². The smallest absolute Gasteiger partial charge is 0.254 e. The number of anilines is 2. The Kier molecular flexibility index (Phi) is 5.88. The number of piperidine rings is 1. The monoisotopic (exact) mass is 394 g/mol. The molecule has 0 radical (unpaired) electrons. The van der Waals surface area contributed by atoms with Gasteiger partial charge in [0.15, 0.2) is 0 Å².